The van der Waals surface area contributed by atoms with E-state index in [-0.39, 0.29) is 0 Å². The first-order valence-corrected chi connectivity index (χ1v) is 11.7. The smallest absolute Gasteiger partial charge is 0.0787 e. The topological polar surface area (TPSA) is 25.2 Å². The van der Waals surface area contributed by atoms with Gasteiger partial charge >= 0.3 is 0 Å². The van der Waals surface area contributed by atoms with Gasteiger partial charge in [0.25, 0.3) is 0 Å². The molecule has 0 amide bonds. The monoisotopic (exact) mass is 436 g/mol. The van der Waals surface area contributed by atoms with E-state index >= 15 is 0 Å². The molecule has 6 aromatic rings. The molecular formula is C32H24N2. The Bertz CT molecular complexity index is 1690. The van der Waals surface area contributed by atoms with Gasteiger partial charge in [-0.2, -0.15) is 0 Å². The van der Waals surface area contributed by atoms with Gasteiger partial charge in [0.1, 0.15) is 0 Å². The molecule has 162 valence electrons. The van der Waals surface area contributed by atoms with Gasteiger partial charge in [-0.3, -0.25) is 4.99 Å². The average molecular weight is 437 g/mol. The summed E-state index contributed by atoms with van der Waals surface area (Å²) in [6.45, 7) is 2.16. The van der Waals surface area contributed by atoms with Crippen LogP contribution in [0.5, 0.6) is 0 Å². The number of hydrogen-bond donors (Lipinski definition) is 0. The largest absolute Gasteiger partial charge is 0.252 e. The summed E-state index contributed by atoms with van der Waals surface area (Å²) in [5, 5.41) is 5.94. The zero-order valence-corrected chi connectivity index (χ0v) is 19.1. The van der Waals surface area contributed by atoms with Crippen molar-refractivity contribution >= 4 is 43.8 Å². The van der Waals surface area contributed by atoms with Crippen molar-refractivity contribution in [2.45, 2.75) is 13.3 Å². The molecule has 0 unspecified atom stereocenters. The van der Waals surface area contributed by atoms with Crippen molar-refractivity contribution < 1.29 is 0 Å². The lowest BCUT2D eigenvalue weighted by Crippen LogP contribution is -1.99. The minimum Gasteiger partial charge on any atom is -0.252 e. The maximum Gasteiger partial charge on any atom is 0.0787 e. The van der Waals surface area contributed by atoms with Crippen LogP contribution in [0, 0.1) is 0 Å². The Balaban J connectivity index is 1.45. The van der Waals surface area contributed by atoms with Crippen LogP contribution < -0.4 is 0 Å². The van der Waals surface area contributed by atoms with E-state index in [1.807, 2.05) is 0 Å². The molecular weight excluding hydrogens is 412 g/mol. The molecule has 0 atom stereocenters. The van der Waals surface area contributed by atoms with E-state index in [4.69, 9.17) is 9.98 Å². The quantitative estimate of drug-likeness (QED) is 0.200. The molecule has 1 heterocycles. The van der Waals surface area contributed by atoms with E-state index in [2.05, 4.69) is 122 Å². The third kappa shape index (κ3) is 3.64. The van der Waals surface area contributed by atoms with E-state index in [1.165, 1.54) is 21.5 Å². The minimum atomic E-state index is 0.850. The van der Waals surface area contributed by atoms with Gasteiger partial charge in [-0.15, -0.1) is 0 Å². The molecule has 1 aromatic heterocycles. The highest BCUT2D eigenvalue weighted by atomic mass is 14.8. The first-order chi connectivity index (χ1) is 16.8. The molecule has 2 nitrogen and oxygen atoms in total. The van der Waals surface area contributed by atoms with Crippen LogP contribution in [0.2, 0.25) is 0 Å². The number of rotatable bonds is 4. The fourth-order valence-corrected chi connectivity index (χ4v) is 4.68. The van der Waals surface area contributed by atoms with Crippen molar-refractivity contribution in [3.8, 4) is 11.3 Å². The highest BCUT2D eigenvalue weighted by Crippen LogP contribution is 2.29. The maximum absolute atomic E-state index is 5.10. The minimum absolute atomic E-state index is 0.850. The van der Waals surface area contributed by atoms with Crippen LogP contribution in [0.1, 0.15) is 18.9 Å². The van der Waals surface area contributed by atoms with Gasteiger partial charge in [0.2, 0.25) is 0 Å². The molecule has 0 spiro atoms. The number of aliphatic imine (C=N–C) groups is 1. The standard InChI is InChI=1S/C32H24N2/c1-2-29(33-31-16-8-11-22-9-3-5-14-27(22)31)25-12-7-13-26(21-25)30-20-19-24-18-17-23-10-4-6-15-28(23)32(24)34-30/h3-21H,2H2,1H3. The van der Waals surface area contributed by atoms with Gasteiger partial charge in [0.15, 0.2) is 0 Å². The van der Waals surface area contributed by atoms with Crippen molar-refractivity contribution in [3.05, 3.63) is 121 Å². The van der Waals surface area contributed by atoms with Gasteiger partial charge in [-0.1, -0.05) is 104 Å². The van der Waals surface area contributed by atoms with Crippen molar-refractivity contribution in [2.24, 2.45) is 4.99 Å². The number of pyridine rings is 1. The first kappa shape index (κ1) is 20.3. The number of nitrogens with zero attached hydrogens (tertiary/aromatic N) is 2. The van der Waals surface area contributed by atoms with Crippen molar-refractivity contribution in [1.82, 2.24) is 4.98 Å². The predicted molar refractivity (Wildman–Crippen MR) is 145 cm³/mol. The first-order valence-electron chi connectivity index (χ1n) is 11.7. The van der Waals surface area contributed by atoms with Crippen LogP contribution in [0.4, 0.5) is 5.69 Å². The Morgan fingerprint density at radius 1 is 0.647 bits per heavy atom. The highest BCUT2D eigenvalue weighted by Gasteiger charge is 2.09. The lowest BCUT2D eigenvalue weighted by molar-refractivity contribution is 1.26. The molecule has 2 heteroatoms. The molecule has 0 fully saturated rings. The van der Waals surface area contributed by atoms with Crippen LogP contribution in [-0.2, 0) is 0 Å². The van der Waals surface area contributed by atoms with E-state index in [9.17, 15) is 0 Å². The zero-order chi connectivity index (χ0) is 22.9. The number of benzene rings is 5. The van der Waals surface area contributed by atoms with Gasteiger partial charge in [0, 0.05) is 27.4 Å². The zero-order valence-electron chi connectivity index (χ0n) is 19.1. The molecule has 0 saturated heterocycles. The van der Waals surface area contributed by atoms with Gasteiger partial charge in [0.05, 0.1) is 16.9 Å². The van der Waals surface area contributed by atoms with Gasteiger partial charge < -0.3 is 0 Å². The fourth-order valence-electron chi connectivity index (χ4n) is 4.68. The summed E-state index contributed by atoms with van der Waals surface area (Å²) in [5.41, 5.74) is 6.34. The highest BCUT2D eigenvalue weighted by molar-refractivity contribution is 6.07. The average Bonchev–Trinajstić information content (AvgIpc) is 2.91. The molecule has 0 radical (unpaired) electrons. The van der Waals surface area contributed by atoms with E-state index < -0.39 is 0 Å². The van der Waals surface area contributed by atoms with Crippen LogP contribution in [-0.4, -0.2) is 10.7 Å². The summed E-state index contributed by atoms with van der Waals surface area (Å²) in [6.07, 6.45) is 0.850. The SMILES string of the molecule is CCC(=Nc1cccc2ccccc12)c1cccc(-c2ccc3ccc4ccccc4c3n2)c1. The van der Waals surface area contributed by atoms with Crippen LogP contribution in [0.25, 0.3) is 43.7 Å². The summed E-state index contributed by atoms with van der Waals surface area (Å²) in [4.78, 5) is 10.2. The molecule has 0 N–H and O–H groups in total. The van der Waals surface area contributed by atoms with Crippen molar-refractivity contribution in [1.29, 1.82) is 0 Å². The van der Waals surface area contributed by atoms with Crippen molar-refractivity contribution in [2.75, 3.05) is 0 Å². The lowest BCUT2D eigenvalue weighted by Gasteiger charge is -2.10. The fraction of sp³-hybridized carbons (Fsp3) is 0.0625. The molecule has 5 aromatic carbocycles. The second-order valence-corrected chi connectivity index (χ2v) is 8.55. The van der Waals surface area contributed by atoms with Crippen LogP contribution in [0.15, 0.2) is 120 Å². The van der Waals surface area contributed by atoms with E-state index in [1.54, 1.807) is 0 Å². The predicted octanol–water partition coefficient (Wildman–Crippen LogP) is 8.74. The Morgan fingerprint density at radius 3 is 2.18 bits per heavy atom. The molecule has 6 rings (SSSR count). The van der Waals surface area contributed by atoms with Crippen LogP contribution in [0.3, 0.4) is 0 Å². The summed E-state index contributed by atoms with van der Waals surface area (Å²) < 4.78 is 0. The Kier molecular flexibility index (Phi) is 5.12. The molecule has 0 aliphatic carbocycles. The summed E-state index contributed by atoms with van der Waals surface area (Å²) in [7, 11) is 0. The Hall–Kier alpha value is -4.30. The third-order valence-corrected chi connectivity index (χ3v) is 6.43. The number of hydrogen-bond acceptors (Lipinski definition) is 2. The maximum atomic E-state index is 5.10. The summed E-state index contributed by atoms with van der Waals surface area (Å²) in [5.74, 6) is 0. The Labute approximate surface area is 199 Å². The second-order valence-electron chi connectivity index (χ2n) is 8.55. The normalized spacial score (nSPS) is 12.0. The summed E-state index contributed by atoms with van der Waals surface area (Å²) in [6, 6.07) is 40.4. The second kappa shape index (κ2) is 8.57. The van der Waals surface area contributed by atoms with Crippen LogP contribution >= 0.6 is 0 Å². The Morgan fingerprint density at radius 2 is 1.32 bits per heavy atom. The lowest BCUT2D eigenvalue weighted by atomic mass is 10.0. The van der Waals surface area contributed by atoms with E-state index in [0.29, 0.717) is 0 Å². The number of aromatic nitrogens is 1. The van der Waals surface area contributed by atoms with E-state index in [0.717, 1.165) is 45.5 Å². The molecule has 34 heavy (non-hydrogen) atoms. The molecule has 0 aliphatic rings. The third-order valence-electron chi connectivity index (χ3n) is 6.43. The van der Waals surface area contributed by atoms with Gasteiger partial charge in [-0.05, 0) is 41.0 Å². The van der Waals surface area contributed by atoms with Crippen molar-refractivity contribution in [3.63, 3.8) is 0 Å². The summed E-state index contributed by atoms with van der Waals surface area (Å²) >= 11 is 0. The molecule has 0 bridgehead atoms. The molecule has 0 aliphatic heterocycles. The number of fused-ring (bicyclic) bond motifs is 4. The molecule has 0 saturated carbocycles. The van der Waals surface area contributed by atoms with Gasteiger partial charge in [-0.25, -0.2) is 4.98 Å².